The number of benzene rings is 10. The number of rotatable bonds is 6. The molecule has 0 bridgehead atoms. The fraction of sp³-hybridized carbons (Fsp3) is 0.0645. The van der Waals surface area contributed by atoms with Crippen LogP contribution >= 0.6 is 0 Å². The van der Waals surface area contributed by atoms with Gasteiger partial charge in [0.2, 0.25) is 0 Å². The lowest BCUT2D eigenvalue weighted by Gasteiger charge is -2.35. The zero-order chi connectivity index (χ0) is 42.6. The van der Waals surface area contributed by atoms with Crippen LogP contribution < -0.4 is 4.90 Å². The van der Waals surface area contributed by atoms with Crippen molar-refractivity contribution in [2.45, 2.75) is 24.7 Å². The van der Waals surface area contributed by atoms with Crippen molar-refractivity contribution in [1.82, 2.24) is 0 Å². The van der Waals surface area contributed by atoms with Gasteiger partial charge in [-0.2, -0.15) is 0 Å². The maximum absolute atomic E-state index is 6.38. The molecule has 13 rings (SSSR count). The summed E-state index contributed by atoms with van der Waals surface area (Å²) < 4.78 is 6.38. The summed E-state index contributed by atoms with van der Waals surface area (Å²) in [7, 11) is 0. The van der Waals surface area contributed by atoms with Crippen LogP contribution in [0.5, 0.6) is 0 Å². The number of hydrogen-bond donors (Lipinski definition) is 0. The summed E-state index contributed by atoms with van der Waals surface area (Å²) in [5, 5.41) is 4.71. The van der Waals surface area contributed by atoms with Gasteiger partial charge in [-0.1, -0.05) is 190 Å². The number of para-hydroxylation sites is 1. The Bertz CT molecular complexity index is 3590. The molecule has 0 saturated heterocycles. The van der Waals surface area contributed by atoms with Gasteiger partial charge < -0.3 is 9.32 Å². The van der Waals surface area contributed by atoms with Gasteiger partial charge in [-0.3, -0.25) is 0 Å². The van der Waals surface area contributed by atoms with E-state index in [1.165, 1.54) is 72.0 Å². The van der Waals surface area contributed by atoms with Crippen LogP contribution in [0.3, 0.4) is 0 Å². The average Bonchev–Trinajstić information content (AvgIpc) is 3.96. The highest BCUT2D eigenvalue weighted by Crippen LogP contribution is 2.58. The summed E-state index contributed by atoms with van der Waals surface area (Å²) in [6.07, 6.45) is 0. The minimum Gasteiger partial charge on any atom is -0.456 e. The molecule has 2 aliphatic rings. The fourth-order valence-electron chi connectivity index (χ4n) is 11.5. The molecule has 64 heavy (non-hydrogen) atoms. The van der Waals surface area contributed by atoms with Gasteiger partial charge in [0.15, 0.2) is 0 Å². The molecule has 302 valence electrons. The third-order valence-corrected chi connectivity index (χ3v) is 14.3. The lowest BCUT2D eigenvalue weighted by molar-refractivity contribution is 0.660. The van der Waals surface area contributed by atoms with E-state index in [-0.39, 0.29) is 5.41 Å². The first-order valence-electron chi connectivity index (χ1n) is 22.3. The van der Waals surface area contributed by atoms with E-state index in [0.29, 0.717) is 0 Å². The molecule has 0 atom stereocenters. The van der Waals surface area contributed by atoms with Crippen molar-refractivity contribution in [2.24, 2.45) is 0 Å². The van der Waals surface area contributed by atoms with Crippen molar-refractivity contribution in [2.75, 3.05) is 4.90 Å². The molecule has 1 aromatic heterocycles. The Morgan fingerprint density at radius 2 is 0.906 bits per heavy atom. The molecule has 2 heteroatoms. The molecule has 0 unspecified atom stereocenters. The van der Waals surface area contributed by atoms with Crippen LogP contribution in [0.2, 0.25) is 0 Å². The average molecular weight is 818 g/mol. The Morgan fingerprint density at radius 1 is 0.359 bits per heavy atom. The number of furan rings is 1. The molecule has 10 aromatic carbocycles. The molecule has 0 aliphatic heterocycles. The van der Waals surface area contributed by atoms with E-state index >= 15 is 0 Å². The van der Waals surface area contributed by atoms with Gasteiger partial charge in [-0.25, -0.2) is 0 Å². The molecule has 1 heterocycles. The second-order valence-electron chi connectivity index (χ2n) is 18.0. The molecule has 0 spiro atoms. The van der Waals surface area contributed by atoms with Crippen LogP contribution in [0.4, 0.5) is 17.1 Å². The smallest absolute Gasteiger partial charge is 0.136 e. The lowest BCUT2D eigenvalue weighted by Crippen LogP contribution is -2.28. The van der Waals surface area contributed by atoms with E-state index in [9.17, 15) is 0 Å². The summed E-state index contributed by atoms with van der Waals surface area (Å²) in [4.78, 5) is 2.47. The van der Waals surface area contributed by atoms with Crippen LogP contribution in [0.25, 0.3) is 66.1 Å². The monoisotopic (exact) mass is 817 g/mol. The van der Waals surface area contributed by atoms with Gasteiger partial charge >= 0.3 is 0 Å². The summed E-state index contributed by atoms with van der Waals surface area (Å²) in [6.45, 7) is 4.73. The molecule has 0 amide bonds. The van der Waals surface area contributed by atoms with Crippen molar-refractivity contribution in [3.8, 4) is 33.4 Å². The quantitative estimate of drug-likeness (QED) is 0.166. The molecule has 0 fully saturated rings. The highest BCUT2D eigenvalue weighted by molar-refractivity contribution is 6.22. The van der Waals surface area contributed by atoms with Crippen LogP contribution in [0, 0.1) is 0 Å². The van der Waals surface area contributed by atoms with Crippen molar-refractivity contribution in [3.63, 3.8) is 0 Å². The minimum atomic E-state index is -0.515. The van der Waals surface area contributed by atoms with Crippen LogP contribution in [0.1, 0.15) is 47.2 Å². The van der Waals surface area contributed by atoms with Gasteiger partial charge in [0, 0.05) is 38.6 Å². The van der Waals surface area contributed by atoms with Crippen LogP contribution in [-0.4, -0.2) is 0 Å². The third-order valence-electron chi connectivity index (χ3n) is 14.3. The Hall–Kier alpha value is -7.94. The predicted molar refractivity (Wildman–Crippen MR) is 266 cm³/mol. The van der Waals surface area contributed by atoms with Crippen LogP contribution in [-0.2, 0) is 10.8 Å². The Kier molecular flexibility index (Phi) is 7.90. The minimum absolute atomic E-state index is 0.149. The standard InChI is InChI=1S/C62H43NO/c1-61(2)53-25-12-9-21-48(53)50-35-33-45(38-55(50)61)63(44-31-28-40(29-32-44)47-24-15-16-41-30-37-58-60(59(41)47)52-23-11-14-27-57(52)64-58)46-34-36-51-49-22-10-13-26-54(49)62(56(51)39-46,42-17-5-3-6-18-42)43-19-7-4-8-20-43/h3-39H,1-2H3. The van der Waals surface area contributed by atoms with Crippen molar-refractivity contribution in [3.05, 3.63) is 258 Å². The molecular weight excluding hydrogens is 775 g/mol. The largest absolute Gasteiger partial charge is 0.456 e. The van der Waals surface area contributed by atoms with Crippen LogP contribution in [0.15, 0.2) is 229 Å². The van der Waals surface area contributed by atoms with E-state index in [2.05, 4.69) is 237 Å². The van der Waals surface area contributed by atoms with Crippen molar-refractivity contribution >= 4 is 49.8 Å². The SMILES string of the molecule is CC1(C)c2ccccc2-c2ccc(N(c3ccc(-c4cccc5ccc6oc7ccccc7c6c45)cc3)c3ccc4c(c3)C(c3ccccc3)(c3ccccc3)c3ccccc3-4)cc21. The lowest BCUT2D eigenvalue weighted by atomic mass is 9.67. The highest BCUT2D eigenvalue weighted by Gasteiger charge is 2.46. The number of nitrogens with zero attached hydrogens (tertiary/aromatic N) is 1. The second-order valence-corrected chi connectivity index (χ2v) is 18.0. The maximum Gasteiger partial charge on any atom is 0.136 e. The summed E-state index contributed by atoms with van der Waals surface area (Å²) >= 11 is 0. The molecule has 11 aromatic rings. The zero-order valence-corrected chi connectivity index (χ0v) is 35.7. The molecule has 0 saturated carbocycles. The molecule has 0 radical (unpaired) electrons. The summed E-state index contributed by atoms with van der Waals surface area (Å²) in [5.74, 6) is 0. The van der Waals surface area contributed by atoms with Gasteiger partial charge in [-0.05, 0) is 121 Å². The molecular formula is C62H43NO. The number of anilines is 3. The molecule has 0 N–H and O–H groups in total. The topological polar surface area (TPSA) is 16.4 Å². The Morgan fingerprint density at radius 3 is 1.62 bits per heavy atom. The van der Waals surface area contributed by atoms with E-state index in [4.69, 9.17) is 4.42 Å². The molecule has 2 aliphatic carbocycles. The van der Waals surface area contributed by atoms with Gasteiger partial charge in [0.05, 0.1) is 5.41 Å². The fourth-order valence-corrected chi connectivity index (χ4v) is 11.5. The van der Waals surface area contributed by atoms with E-state index in [1.54, 1.807) is 0 Å². The Balaban J connectivity index is 1.03. The van der Waals surface area contributed by atoms with Gasteiger partial charge in [0.25, 0.3) is 0 Å². The second kappa shape index (κ2) is 13.8. The van der Waals surface area contributed by atoms with Crippen molar-refractivity contribution < 1.29 is 4.42 Å². The highest BCUT2D eigenvalue weighted by atomic mass is 16.3. The van der Waals surface area contributed by atoms with E-state index in [1.807, 2.05) is 6.07 Å². The zero-order valence-electron chi connectivity index (χ0n) is 35.7. The molecule has 2 nitrogen and oxygen atoms in total. The van der Waals surface area contributed by atoms with Gasteiger partial charge in [-0.15, -0.1) is 0 Å². The number of fused-ring (bicyclic) bond motifs is 11. The number of hydrogen-bond acceptors (Lipinski definition) is 2. The van der Waals surface area contributed by atoms with Crippen molar-refractivity contribution in [1.29, 1.82) is 0 Å². The Labute approximate surface area is 373 Å². The first-order chi connectivity index (χ1) is 31.5. The third kappa shape index (κ3) is 5.14. The first kappa shape index (κ1) is 36.7. The summed E-state index contributed by atoms with van der Waals surface area (Å²) in [5.41, 5.74) is 19.8. The van der Waals surface area contributed by atoms with E-state index in [0.717, 1.165) is 44.6 Å². The predicted octanol–water partition coefficient (Wildman–Crippen LogP) is 16.5. The normalized spacial score (nSPS) is 14.0. The van der Waals surface area contributed by atoms with Gasteiger partial charge in [0.1, 0.15) is 11.2 Å². The summed E-state index contributed by atoms with van der Waals surface area (Å²) in [6, 6.07) is 82.9. The maximum atomic E-state index is 6.38. The first-order valence-corrected chi connectivity index (χ1v) is 22.3. The van der Waals surface area contributed by atoms with E-state index < -0.39 is 5.41 Å².